The number of nitrogens with two attached hydrogens (primary N) is 1. The molecule has 7 heteroatoms. The highest BCUT2D eigenvalue weighted by Gasteiger charge is 2.34. The Morgan fingerprint density at radius 3 is 2.50 bits per heavy atom. The van der Waals surface area contributed by atoms with Crippen LogP contribution in [0.2, 0.25) is 0 Å². The molecule has 7 nitrogen and oxygen atoms in total. The molecule has 0 spiro atoms. The average Bonchev–Trinajstić information content (AvgIpc) is 3.21. The van der Waals surface area contributed by atoms with Gasteiger partial charge in [-0.1, -0.05) is 19.3 Å². The molecule has 3 N–H and O–H groups in total. The zero-order valence-corrected chi connectivity index (χ0v) is 16.5. The van der Waals surface area contributed by atoms with Crippen molar-refractivity contribution in [3.05, 3.63) is 22.9 Å². The summed E-state index contributed by atoms with van der Waals surface area (Å²) in [5, 5.41) is 10.7. The minimum absolute atomic E-state index is 0.0145. The first-order valence-corrected chi connectivity index (χ1v) is 10.5. The number of nitrogen functional groups attached to an aromatic ring is 1. The van der Waals surface area contributed by atoms with Gasteiger partial charge in [0.25, 0.3) is 5.91 Å². The Hall–Kier alpha value is -2.15. The van der Waals surface area contributed by atoms with Crippen LogP contribution >= 0.6 is 0 Å². The summed E-state index contributed by atoms with van der Waals surface area (Å²) < 4.78 is 0. The molecular formula is C21H30N4O3. The minimum atomic E-state index is -0.855. The smallest absolute Gasteiger partial charge is 0.257 e. The van der Waals surface area contributed by atoms with Crippen molar-refractivity contribution in [2.75, 3.05) is 25.4 Å². The van der Waals surface area contributed by atoms with Crippen LogP contribution in [0.3, 0.4) is 0 Å². The number of aliphatic hydroxyl groups is 1. The van der Waals surface area contributed by atoms with Crippen LogP contribution in [0.4, 0.5) is 5.82 Å². The van der Waals surface area contributed by atoms with Gasteiger partial charge in [-0.3, -0.25) is 9.59 Å². The molecule has 2 amide bonds. The molecule has 1 aromatic heterocycles. The normalized spacial score (nSPS) is 21.5. The number of fused-ring (bicyclic) bond motifs is 1. The predicted molar refractivity (Wildman–Crippen MR) is 106 cm³/mol. The Balaban J connectivity index is 1.48. The molecule has 0 bridgehead atoms. The van der Waals surface area contributed by atoms with E-state index < -0.39 is 5.60 Å². The SMILES string of the molecule is Nc1nc2c(cc1C(=O)N1CCCC1)CN(C(=O)CC1(O)CCCCC1)CC2. The van der Waals surface area contributed by atoms with E-state index in [0.717, 1.165) is 56.5 Å². The molecule has 1 saturated heterocycles. The Bertz CT molecular complexity index is 767. The molecule has 1 saturated carbocycles. The van der Waals surface area contributed by atoms with Gasteiger partial charge in [0.2, 0.25) is 5.91 Å². The number of likely N-dealkylation sites (tertiary alicyclic amines) is 1. The van der Waals surface area contributed by atoms with Gasteiger partial charge in [0.15, 0.2) is 0 Å². The number of carbonyl (C=O) groups is 2. The summed E-state index contributed by atoms with van der Waals surface area (Å²) in [6, 6.07) is 1.83. The molecule has 0 unspecified atom stereocenters. The van der Waals surface area contributed by atoms with Crippen molar-refractivity contribution in [2.45, 2.75) is 69.9 Å². The first-order chi connectivity index (χ1) is 13.5. The second-order valence-electron chi connectivity index (χ2n) is 8.55. The molecule has 28 heavy (non-hydrogen) atoms. The number of pyridine rings is 1. The van der Waals surface area contributed by atoms with Crippen LogP contribution in [-0.2, 0) is 17.8 Å². The summed E-state index contributed by atoms with van der Waals surface area (Å²) >= 11 is 0. The Morgan fingerprint density at radius 1 is 1.07 bits per heavy atom. The van der Waals surface area contributed by atoms with E-state index in [4.69, 9.17) is 5.73 Å². The van der Waals surface area contributed by atoms with Crippen molar-refractivity contribution in [2.24, 2.45) is 0 Å². The number of nitrogens with zero attached hydrogens (tertiary/aromatic N) is 3. The van der Waals surface area contributed by atoms with Gasteiger partial charge in [-0.25, -0.2) is 4.98 Å². The van der Waals surface area contributed by atoms with Gasteiger partial charge < -0.3 is 20.6 Å². The Morgan fingerprint density at radius 2 is 1.79 bits per heavy atom. The van der Waals surface area contributed by atoms with Crippen molar-refractivity contribution >= 4 is 17.6 Å². The minimum Gasteiger partial charge on any atom is -0.389 e. The molecule has 152 valence electrons. The number of hydrogen-bond acceptors (Lipinski definition) is 5. The molecule has 4 rings (SSSR count). The van der Waals surface area contributed by atoms with E-state index in [1.54, 1.807) is 4.90 Å². The van der Waals surface area contributed by atoms with Crippen molar-refractivity contribution in [1.29, 1.82) is 0 Å². The standard InChI is InChI=1S/C21H30N4O3/c22-19-16(20(27)24-9-4-5-10-24)12-15-14-25(11-6-17(15)23-19)18(26)13-21(28)7-2-1-3-8-21/h12,28H,1-11,13-14H2,(H2,22,23). The van der Waals surface area contributed by atoms with E-state index in [1.165, 1.54) is 0 Å². The fourth-order valence-corrected chi connectivity index (χ4v) is 4.74. The first-order valence-electron chi connectivity index (χ1n) is 10.5. The number of hydrogen-bond donors (Lipinski definition) is 2. The van der Waals surface area contributed by atoms with Gasteiger partial charge in [-0.15, -0.1) is 0 Å². The van der Waals surface area contributed by atoms with Crippen LogP contribution in [0.25, 0.3) is 0 Å². The lowest BCUT2D eigenvalue weighted by molar-refractivity contribution is -0.138. The van der Waals surface area contributed by atoms with Gasteiger partial charge in [0, 0.05) is 38.3 Å². The molecule has 1 aromatic rings. The number of aromatic nitrogens is 1. The summed E-state index contributed by atoms with van der Waals surface area (Å²) in [6.45, 7) is 2.53. The molecule has 2 aliphatic heterocycles. The number of amides is 2. The summed E-state index contributed by atoms with van der Waals surface area (Å²) in [6.07, 6.45) is 7.37. The van der Waals surface area contributed by atoms with Gasteiger partial charge in [0.05, 0.1) is 17.6 Å². The fourth-order valence-electron chi connectivity index (χ4n) is 4.74. The number of carbonyl (C=O) groups excluding carboxylic acids is 2. The van der Waals surface area contributed by atoms with E-state index in [9.17, 15) is 14.7 Å². The number of rotatable bonds is 3. The molecule has 0 radical (unpaired) electrons. The summed E-state index contributed by atoms with van der Waals surface area (Å²) in [4.78, 5) is 33.7. The highest BCUT2D eigenvalue weighted by molar-refractivity contribution is 5.98. The van der Waals surface area contributed by atoms with Crippen LogP contribution in [0.1, 0.15) is 73.0 Å². The van der Waals surface area contributed by atoms with Crippen LogP contribution in [0, 0.1) is 0 Å². The van der Waals surface area contributed by atoms with Crippen LogP contribution in [0.15, 0.2) is 6.07 Å². The number of anilines is 1. The molecule has 2 fully saturated rings. The predicted octanol–water partition coefficient (Wildman–Crippen LogP) is 1.87. The maximum atomic E-state index is 12.8. The maximum Gasteiger partial charge on any atom is 0.257 e. The van der Waals surface area contributed by atoms with Gasteiger partial charge in [-0.2, -0.15) is 0 Å². The average molecular weight is 386 g/mol. The van der Waals surface area contributed by atoms with E-state index >= 15 is 0 Å². The topological polar surface area (TPSA) is 99.8 Å². The van der Waals surface area contributed by atoms with Gasteiger partial charge in [-0.05, 0) is 37.3 Å². The monoisotopic (exact) mass is 386 g/mol. The summed E-state index contributed by atoms with van der Waals surface area (Å²) in [7, 11) is 0. The third-order valence-corrected chi connectivity index (χ3v) is 6.44. The Kier molecular flexibility index (Phi) is 5.27. The first kappa shape index (κ1) is 19.2. The molecule has 1 aliphatic carbocycles. The van der Waals surface area contributed by atoms with Gasteiger partial charge in [0.1, 0.15) is 5.82 Å². The highest BCUT2D eigenvalue weighted by atomic mass is 16.3. The lowest BCUT2D eigenvalue weighted by Gasteiger charge is -2.35. The second-order valence-corrected chi connectivity index (χ2v) is 8.55. The summed E-state index contributed by atoms with van der Waals surface area (Å²) in [5.41, 5.74) is 7.43. The fraction of sp³-hybridized carbons (Fsp3) is 0.667. The third-order valence-electron chi connectivity index (χ3n) is 6.44. The van der Waals surface area contributed by atoms with Gasteiger partial charge >= 0.3 is 0 Å². The van der Waals surface area contributed by atoms with Crippen LogP contribution < -0.4 is 5.73 Å². The van der Waals surface area contributed by atoms with Crippen LogP contribution in [-0.4, -0.2) is 56.9 Å². The van der Waals surface area contributed by atoms with Crippen molar-refractivity contribution < 1.29 is 14.7 Å². The lowest BCUT2D eigenvalue weighted by atomic mass is 9.82. The second kappa shape index (κ2) is 7.70. The van der Waals surface area contributed by atoms with E-state index in [2.05, 4.69) is 4.98 Å². The van der Waals surface area contributed by atoms with Crippen molar-refractivity contribution in [3.63, 3.8) is 0 Å². The zero-order chi connectivity index (χ0) is 19.7. The van der Waals surface area contributed by atoms with E-state index in [-0.39, 0.29) is 24.1 Å². The molecule has 0 aromatic carbocycles. The summed E-state index contributed by atoms with van der Waals surface area (Å²) in [5.74, 6) is 0.205. The van der Waals surface area contributed by atoms with Crippen molar-refractivity contribution in [1.82, 2.24) is 14.8 Å². The molecular weight excluding hydrogens is 356 g/mol. The zero-order valence-electron chi connectivity index (χ0n) is 16.5. The molecule has 0 atom stereocenters. The lowest BCUT2D eigenvalue weighted by Crippen LogP contribution is -2.42. The highest BCUT2D eigenvalue weighted by Crippen LogP contribution is 2.32. The molecule has 3 heterocycles. The van der Waals surface area contributed by atoms with E-state index in [0.29, 0.717) is 37.9 Å². The van der Waals surface area contributed by atoms with Crippen LogP contribution in [0.5, 0.6) is 0 Å². The van der Waals surface area contributed by atoms with E-state index in [1.807, 2.05) is 11.0 Å². The quantitative estimate of drug-likeness (QED) is 0.826. The maximum absolute atomic E-state index is 12.8. The molecule has 3 aliphatic rings. The Labute approximate surface area is 165 Å². The van der Waals surface area contributed by atoms with Crippen molar-refractivity contribution in [3.8, 4) is 0 Å². The largest absolute Gasteiger partial charge is 0.389 e. The third kappa shape index (κ3) is 3.85.